The van der Waals surface area contributed by atoms with Gasteiger partial charge >= 0.3 is 5.97 Å². The molecule has 1 aromatic carbocycles. The number of nitrogens with two attached hydrogens (primary N) is 1. The van der Waals surface area contributed by atoms with E-state index < -0.39 is 61.1 Å². The summed E-state index contributed by atoms with van der Waals surface area (Å²) in [7, 11) is -4.16. The number of aromatic nitrogens is 2. The van der Waals surface area contributed by atoms with Crippen LogP contribution in [0.15, 0.2) is 29.3 Å². The summed E-state index contributed by atoms with van der Waals surface area (Å²) in [6, 6.07) is 2.57. The van der Waals surface area contributed by atoms with Gasteiger partial charge < -0.3 is 21.1 Å². The van der Waals surface area contributed by atoms with Crippen molar-refractivity contribution in [1.82, 2.24) is 15.1 Å². The van der Waals surface area contributed by atoms with Gasteiger partial charge in [0.25, 0.3) is 5.91 Å². The minimum absolute atomic E-state index is 0.0946. The molecule has 1 atom stereocenters. The minimum atomic E-state index is -4.16. The normalized spacial score (nSPS) is 29.1. The van der Waals surface area contributed by atoms with E-state index in [9.17, 15) is 27.9 Å². The third-order valence-electron chi connectivity index (χ3n) is 9.91. The van der Waals surface area contributed by atoms with Crippen LogP contribution in [-0.4, -0.2) is 58.4 Å². The molecule has 4 aliphatic carbocycles. The Bertz CT molecular complexity index is 1520. The van der Waals surface area contributed by atoms with E-state index in [1.807, 2.05) is 10.9 Å². The smallest absolute Gasteiger partial charge is 0.309 e. The van der Waals surface area contributed by atoms with Crippen molar-refractivity contribution >= 4 is 33.3 Å². The number of carboxylic acid groups (broad SMARTS) is 1. The van der Waals surface area contributed by atoms with E-state index in [0.29, 0.717) is 44.2 Å². The molecule has 0 spiro atoms. The van der Waals surface area contributed by atoms with Gasteiger partial charge in [0, 0.05) is 11.7 Å². The zero-order valence-corrected chi connectivity index (χ0v) is 24.2. The zero-order chi connectivity index (χ0) is 29.9. The average molecular weight is 602 g/mol. The number of hydrogen-bond donors (Lipinski definition) is 3. The second-order valence-corrected chi connectivity index (χ2v) is 14.5. The number of anilines is 1. The van der Waals surface area contributed by atoms with Crippen LogP contribution in [0.3, 0.4) is 0 Å². The molecule has 4 N–H and O–H groups in total. The number of amides is 2. The molecule has 0 saturated heterocycles. The van der Waals surface area contributed by atoms with Crippen molar-refractivity contribution in [2.45, 2.75) is 99.7 Å². The predicted molar refractivity (Wildman–Crippen MR) is 150 cm³/mol. The summed E-state index contributed by atoms with van der Waals surface area (Å²) in [5.74, 6) is -3.94. The molecule has 226 valence electrons. The number of hydrogen-bond acceptors (Lipinski definition) is 7. The van der Waals surface area contributed by atoms with Crippen LogP contribution in [0.4, 0.5) is 10.1 Å². The van der Waals surface area contributed by atoms with E-state index in [4.69, 9.17) is 5.73 Å². The SMILES string of the molecule is N[C@H]1CS(=O)(=O)c2cc(F)c(C(=O)NC34CCC(C(=O)O)(CC3)CC4)cc2N(Cc2ccn(C3CCCCC3)n2)C1=O. The number of fused-ring (bicyclic) bond motifs is 4. The van der Waals surface area contributed by atoms with Crippen LogP contribution in [0.25, 0.3) is 0 Å². The van der Waals surface area contributed by atoms with Gasteiger partial charge in [0.05, 0.1) is 51.6 Å². The van der Waals surface area contributed by atoms with E-state index in [1.54, 1.807) is 6.07 Å². The first-order valence-electron chi connectivity index (χ1n) is 14.7. The molecule has 4 fully saturated rings. The maximum atomic E-state index is 15.5. The highest BCUT2D eigenvalue weighted by atomic mass is 32.2. The maximum Gasteiger partial charge on any atom is 0.309 e. The highest BCUT2D eigenvalue weighted by Crippen LogP contribution is 2.52. The molecule has 0 radical (unpaired) electrons. The molecular formula is C29H36FN5O6S. The first-order valence-corrected chi connectivity index (χ1v) is 16.3. The molecule has 11 nitrogen and oxygen atoms in total. The summed E-state index contributed by atoms with van der Waals surface area (Å²) in [6.45, 7) is -0.0946. The van der Waals surface area contributed by atoms with Crippen LogP contribution >= 0.6 is 0 Å². The Kier molecular flexibility index (Phi) is 7.16. The molecule has 2 bridgehead atoms. The number of carbonyl (C=O) groups excluding carboxylic acids is 2. The lowest BCUT2D eigenvalue weighted by Gasteiger charge is -2.51. The van der Waals surface area contributed by atoms with Crippen LogP contribution in [-0.2, 0) is 26.0 Å². The van der Waals surface area contributed by atoms with Crippen LogP contribution in [0, 0.1) is 11.2 Å². The Balaban J connectivity index is 1.32. The first-order chi connectivity index (χ1) is 19.9. The van der Waals surface area contributed by atoms with Gasteiger partial charge in [-0.05, 0) is 69.6 Å². The summed E-state index contributed by atoms with van der Waals surface area (Å²) < 4.78 is 43.8. The average Bonchev–Trinajstić information content (AvgIpc) is 3.43. The Morgan fingerprint density at radius 2 is 1.76 bits per heavy atom. The third-order valence-corrected chi connectivity index (χ3v) is 11.7. The fourth-order valence-corrected chi connectivity index (χ4v) is 8.80. The number of benzene rings is 1. The zero-order valence-electron chi connectivity index (χ0n) is 23.4. The van der Waals surface area contributed by atoms with Gasteiger partial charge in [-0.1, -0.05) is 19.3 Å². The van der Waals surface area contributed by atoms with Gasteiger partial charge in [0.2, 0.25) is 5.91 Å². The maximum absolute atomic E-state index is 15.5. The van der Waals surface area contributed by atoms with Crippen molar-refractivity contribution in [2.75, 3.05) is 10.7 Å². The number of nitrogens with one attached hydrogen (secondary N) is 1. The Morgan fingerprint density at radius 1 is 1.10 bits per heavy atom. The lowest BCUT2D eigenvalue weighted by atomic mass is 9.57. The molecule has 42 heavy (non-hydrogen) atoms. The van der Waals surface area contributed by atoms with Crippen molar-refractivity contribution in [3.63, 3.8) is 0 Å². The Morgan fingerprint density at radius 3 is 2.40 bits per heavy atom. The largest absolute Gasteiger partial charge is 0.481 e. The molecule has 1 aliphatic heterocycles. The number of carbonyl (C=O) groups is 3. The van der Waals surface area contributed by atoms with E-state index in [-0.39, 0.29) is 23.8 Å². The van der Waals surface area contributed by atoms with Crippen LogP contribution in [0.1, 0.15) is 92.7 Å². The second kappa shape index (κ2) is 10.4. The summed E-state index contributed by atoms with van der Waals surface area (Å²) in [6.07, 6.45) is 9.89. The number of carboxylic acids is 1. The monoisotopic (exact) mass is 601 g/mol. The van der Waals surface area contributed by atoms with Crippen molar-refractivity contribution < 1.29 is 32.3 Å². The molecule has 4 saturated carbocycles. The van der Waals surface area contributed by atoms with Crippen LogP contribution in [0.5, 0.6) is 0 Å². The Hall–Kier alpha value is -3.32. The predicted octanol–water partition coefficient (Wildman–Crippen LogP) is 3.08. The summed E-state index contributed by atoms with van der Waals surface area (Å²) in [5, 5.41) is 17.3. The second-order valence-electron chi connectivity index (χ2n) is 12.5. The number of rotatable bonds is 6. The third kappa shape index (κ3) is 5.00. The lowest BCUT2D eigenvalue weighted by Crippen LogP contribution is -2.58. The quantitative estimate of drug-likeness (QED) is 0.455. The fraction of sp³-hybridized carbons (Fsp3) is 0.586. The van der Waals surface area contributed by atoms with Crippen molar-refractivity contribution in [2.24, 2.45) is 11.1 Å². The number of aliphatic carboxylic acids is 1. The molecule has 1 aromatic heterocycles. The van der Waals surface area contributed by atoms with Gasteiger partial charge in [-0.25, -0.2) is 12.8 Å². The number of halogens is 1. The molecular weight excluding hydrogens is 565 g/mol. The molecule has 13 heteroatoms. The van der Waals surface area contributed by atoms with Crippen LogP contribution < -0.4 is 16.0 Å². The van der Waals surface area contributed by atoms with E-state index >= 15 is 4.39 Å². The molecule has 5 aliphatic rings. The standard InChI is InChI=1S/C29H36FN5O6S/c30-21-15-24-23(14-20(21)25(36)32-29-10-7-28(8-11-29,9-12-29)27(38)39)34(26(37)22(31)17-42(24,40)41)16-18-6-13-35(33-18)19-4-2-1-3-5-19/h6,13-15,19,22H,1-5,7-12,16-17,31H2,(H,32,36)(H,38,39)/t22-,28?,29?/m0/s1. The highest BCUT2D eigenvalue weighted by Gasteiger charge is 2.53. The molecule has 7 rings (SSSR count). The van der Waals surface area contributed by atoms with Crippen LogP contribution in [0.2, 0.25) is 0 Å². The number of sulfone groups is 1. The molecule has 2 amide bonds. The summed E-state index contributed by atoms with van der Waals surface area (Å²) in [4.78, 5) is 39.5. The van der Waals surface area contributed by atoms with E-state index in [2.05, 4.69) is 10.4 Å². The van der Waals surface area contributed by atoms with Gasteiger partial charge in [0.15, 0.2) is 9.84 Å². The van der Waals surface area contributed by atoms with Gasteiger partial charge in [-0.3, -0.25) is 19.1 Å². The molecule has 2 aromatic rings. The highest BCUT2D eigenvalue weighted by molar-refractivity contribution is 7.91. The van der Waals surface area contributed by atoms with Crippen molar-refractivity contribution in [1.29, 1.82) is 0 Å². The van der Waals surface area contributed by atoms with E-state index in [1.165, 1.54) is 11.3 Å². The lowest BCUT2D eigenvalue weighted by molar-refractivity contribution is -0.156. The molecule has 0 unspecified atom stereocenters. The Labute approximate surface area is 243 Å². The fourth-order valence-electron chi connectivity index (χ4n) is 7.23. The van der Waals surface area contributed by atoms with Crippen molar-refractivity contribution in [3.8, 4) is 0 Å². The van der Waals surface area contributed by atoms with Crippen molar-refractivity contribution in [3.05, 3.63) is 41.5 Å². The topological polar surface area (TPSA) is 165 Å². The summed E-state index contributed by atoms with van der Waals surface area (Å²) in [5.41, 5.74) is 4.60. The van der Waals surface area contributed by atoms with Gasteiger partial charge in [0.1, 0.15) is 5.82 Å². The minimum Gasteiger partial charge on any atom is -0.481 e. The number of nitrogens with zero attached hydrogens (tertiary/aromatic N) is 3. The molecule has 2 heterocycles. The summed E-state index contributed by atoms with van der Waals surface area (Å²) >= 11 is 0. The van der Waals surface area contributed by atoms with E-state index in [0.717, 1.165) is 37.8 Å². The van der Waals surface area contributed by atoms with Gasteiger partial charge in [-0.15, -0.1) is 0 Å². The van der Waals surface area contributed by atoms with Gasteiger partial charge in [-0.2, -0.15) is 5.10 Å². The first kappa shape index (κ1) is 28.8.